The number of amides is 1. The van der Waals surface area contributed by atoms with Gasteiger partial charge in [-0.1, -0.05) is 39.0 Å². The van der Waals surface area contributed by atoms with E-state index in [1.165, 1.54) is 16.7 Å². The molecule has 0 unspecified atom stereocenters. The van der Waals surface area contributed by atoms with E-state index in [1.807, 2.05) is 36.4 Å². The maximum absolute atomic E-state index is 12.0. The van der Waals surface area contributed by atoms with Crippen molar-refractivity contribution < 1.29 is 9.53 Å². The van der Waals surface area contributed by atoms with E-state index >= 15 is 0 Å². The summed E-state index contributed by atoms with van der Waals surface area (Å²) in [6.07, 6.45) is 0.946. The molecule has 0 saturated carbocycles. The Hall–Kier alpha value is -2.29. The largest absolute Gasteiger partial charge is 0.484 e. The van der Waals surface area contributed by atoms with Gasteiger partial charge in [0.1, 0.15) is 5.75 Å². The van der Waals surface area contributed by atoms with E-state index in [2.05, 4.69) is 39.1 Å². The maximum Gasteiger partial charge on any atom is 0.262 e. The number of hydrogen-bond acceptors (Lipinski definition) is 2. The van der Waals surface area contributed by atoms with E-state index in [1.54, 1.807) is 0 Å². The number of carbonyl (C=O) groups excluding carboxylic acids is 1. The van der Waals surface area contributed by atoms with Gasteiger partial charge in [-0.05, 0) is 60.2 Å². The van der Waals surface area contributed by atoms with E-state index in [9.17, 15) is 4.79 Å². The molecule has 0 aromatic heterocycles. The Morgan fingerprint density at radius 3 is 2.61 bits per heavy atom. The molecule has 0 saturated heterocycles. The monoisotopic (exact) mass is 311 g/mol. The minimum Gasteiger partial charge on any atom is -0.484 e. The van der Waals surface area contributed by atoms with Crippen molar-refractivity contribution in [2.45, 2.75) is 40.0 Å². The van der Waals surface area contributed by atoms with Gasteiger partial charge in [-0.2, -0.15) is 0 Å². The Bertz CT molecular complexity index is 677. The molecule has 3 nitrogen and oxygen atoms in total. The molecule has 0 heterocycles. The van der Waals surface area contributed by atoms with Crippen molar-refractivity contribution in [2.75, 3.05) is 11.9 Å². The van der Waals surface area contributed by atoms with Gasteiger partial charge in [0.15, 0.2) is 6.61 Å². The van der Waals surface area contributed by atoms with Gasteiger partial charge < -0.3 is 10.1 Å². The molecule has 2 aromatic carbocycles. The molecule has 23 heavy (non-hydrogen) atoms. The Labute approximate surface area is 138 Å². The molecule has 1 amide bonds. The van der Waals surface area contributed by atoms with Gasteiger partial charge in [0.25, 0.3) is 5.91 Å². The number of aryl methyl sites for hydroxylation is 2. The van der Waals surface area contributed by atoms with Crippen molar-refractivity contribution in [1.82, 2.24) is 0 Å². The van der Waals surface area contributed by atoms with E-state index in [0.29, 0.717) is 5.92 Å². The van der Waals surface area contributed by atoms with Gasteiger partial charge in [-0.3, -0.25) is 4.79 Å². The van der Waals surface area contributed by atoms with E-state index in [-0.39, 0.29) is 12.5 Å². The van der Waals surface area contributed by atoms with Crippen LogP contribution in [0.2, 0.25) is 0 Å². The molecule has 0 aliphatic heterocycles. The molecule has 2 rings (SSSR count). The van der Waals surface area contributed by atoms with Gasteiger partial charge in [0.05, 0.1) is 0 Å². The fourth-order valence-corrected chi connectivity index (χ4v) is 2.60. The molecular formula is C20H25NO2. The van der Waals surface area contributed by atoms with Gasteiger partial charge in [0, 0.05) is 5.69 Å². The summed E-state index contributed by atoms with van der Waals surface area (Å²) >= 11 is 0. The number of nitrogens with one attached hydrogen (secondary N) is 1. The molecule has 0 radical (unpaired) electrons. The van der Waals surface area contributed by atoms with Crippen molar-refractivity contribution in [3.05, 3.63) is 59.2 Å². The third-order valence-electron chi connectivity index (χ3n) is 3.85. The molecule has 0 spiro atoms. The zero-order chi connectivity index (χ0) is 16.8. The number of anilines is 1. The number of rotatable bonds is 6. The fourth-order valence-electron chi connectivity index (χ4n) is 2.60. The molecule has 0 fully saturated rings. The van der Waals surface area contributed by atoms with Crippen LogP contribution in [0, 0.1) is 6.92 Å². The van der Waals surface area contributed by atoms with Crippen LogP contribution < -0.4 is 10.1 Å². The predicted octanol–water partition coefficient (Wildman–Crippen LogP) is 4.70. The van der Waals surface area contributed by atoms with E-state index in [0.717, 1.165) is 17.9 Å². The van der Waals surface area contributed by atoms with Gasteiger partial charge in [-0.25, -0.2) is 0 Å². The third kappa shape index (κ3) is 4.85. The molecule has 0 bridgehead atoms. The summed E-state index contributed by atoms with van der Waals surface area (Å²) < 4.78 is 5.60. The lowest BCUT2D eigenvalue weighted by molar-refractivity contribution is -0.118. The average molecular weight is 311 g/mol. The summed E-state index contributed by atoms with van der Waals surface area (Å²) in [6.45, 7) is 8.50. The molecule has 0 aliphatic rings. The first-order valence-electron chi connectivity index (χ1n) is 8.11. The lowest BCUT2D eigenvalue weighted by Crippen LogP contribution is -2.20. The van der Waals surface area contributed by atoms with E-state index in [4.69, 9.17) is 4.74 Å². The second kappa shape index (κ2) is 7.82. The first-order chi connectivity index (χ1) is 11.0. The van der Waals surface area contributed by atoms with Crippen LogP contribution in [0.3, 0.4) is 0 Å². The van der Waals surface area contributed by atoms with Crippen LogP contribution in [0.4, 0.5) is 5.69 Å². The molecule has 3 heteroatoms. The Balaban J connectivity index is 1.92. The first-order valence-corrected chi connectivity index (χ1v) is 8.11. The molecule has 122 valence electrons. The lowest BCUT2D eigenvalue weighted by atomic mass is 9.98. The molecule has 1 N–H and O–H groups in total. The predicted molar refractivity (Wildman–Crippen MR) is 95.2 cm³/mol. The average Bonchev–Trinajstić information content (AvgIpc) is 2.53. The minimum absolute atomic E-state index is 0.0107. The van der Waals surface area contributed by atoms with Crippen LogP contribution in [0.15, 0.2) is 42.5 Å². The summed E-state index contributed by atoms with van der Waals surface area (Å²) in [4.78, 5) is 12.0. The van der Waals surface area contributed by atoms with Crippen molar-refractivity contribution in [2.24, 2.45) is 0 Å². The highest BCUT2D eigenvalue weighted by Gasteiger charge is 2.07. The zero-order valence-electron chi connectivity index (χ0n) is 14.3. The summed E-state index contributed by atoms with van der Waals surface area (Å²) in [5.41, 5.74) is 4.50. The van der Waals surface area contributed by atoms with Crippen molar-refractivity contribution in [3.63, 3.8) is 0 Å². The van der Waals surface area contributed by atoms with E-state index < -0.39 is 0 Å². The zero-order valence-corrected chi connectivity index (χ0v) is 14.3. The Kier molecular flexibility index (Phi) is 5.80. The van der Waals surface area contributed by atoms with Gasteiger partial charge >= 0.3 is 0 Å². The van der Waals surface area contributed by atoms with Gasteiger partial charge in [0.2, 0.25) is 0 Å². The van der Waals surface area contributed by atoms with Crippen LogP contribution in [0.25, 0.3) is 0 Å². The standard InChI is InChI=1S/C20H25NO2/c1-5-16-7-6-8-17(12-16)21-20(22)13-23-18-9-10-19(14(2)3)15(4)11-18/h6-12,14H,5,13H2,1-4H3,(H,21,22). The van der Waals surface area contributed by atoms with Crippen LogP contribution in [-0.2, 0) is 11.2 Å². The molecular weight excluding hydrogens is 286 g/mol. The topological polar surface area (TPSA) is 38.3 Å². The number of hydrogen-bond donors (Lipinski definition) is 1. The summed E-state index contributed by atoms with van der Waals surface area (Å²) in [7, 11) is 0. The minimum atomic E-state index is -0.149. The first kappa shape index (κ1) is 17.1. The quantitative estimate of drug-likeness (QED) is 0.840. The fraction of sp³-hybridized carbons (Fsp3) is 0.350. The smallest absolute Gasteiger partial charge is 0.262 e. The lowest BCUT2D eigenvalue weighted by Gasteiger charge is -2.12. The summed E-state index contributed by atoms with van der Waals surface area (Å²) in [5.74, 6) is 1.06. The van der Waals surface area contributed by atoms with Crippen LogP contribution in [0.5, 0.6) is 5.75 Å². The summed E-state index contributed by atoms with van der Waals surface area (Å²) in [5, 5.41) is 2.87. The second-order valence-electron chi connectivity index (χ2n) is 6.06. The van der Waals surface area contributed by atoms with Crippen LogP contribution in [0.1, 0.15) is 43.4 Å². The van der Waals surface area contributed by atoms with Crippen LogP contribution in [-0.4, -0.2) is 12.5 Å². The SMILES string of the molecule is CCc1cccc(NC(=O)COc2ccc(C(C)C)c(C)c2)c1. The summed E-state index contributed by atoms with van der Waals surface area (Å²) in [6, 6.07) is 13.8. The number of ether oxygens (including phenoxy) is 1. The van der Waals surface area contributed by atoms with Crippen LogP contribution >= 0.6 is 0 Å². The molecule has 2 aromatic rings. The highest BCUT2D eigenvalue weighted by atomic mass is 16.5. The van der Waals surface area contributed by atoms with Crippen molar-refractivity contribution in [1.29, 1.82) is 0 Å². The second-order valence-corrected chi connectivity index (χ2v) is 6.06. The highest BCUT2D eigenvalue weighted by Crippen LogP contribution is 2.23. The Morgan fingerprint density at radius 1 is 1.17 bits per heavy atom. The molecule has 0 atom stereocenters. The third-order valence-corrected chi connectivity index (χ3v) is 3.85. The van der Waals surface area contributed by atoms with Crippen molar-refractivity contribution in [3.8, 4) is 5.75 Å². The van der Waals surface area contributed by atoms with Crippen molar-refractivity contribution >= 4 is 11.6 Å². The van der Waals surface area contributed by atoms with Gasteiger partial charge in [-0.15, -0.1) is 0 Å². The number of benzene rings is 2. The normalized spacial score (nSPS) is 10.7. The molecule has 0 aliphatic carbocycles. The maximum atomic E-state index is 12.0. The highest BCUT2D eigenvalue weighted by molar-refractivity contribution is 5.91. The number of carbonyl (C=O) groups is 1. The Morgan fingerprint density at radius 2 is 1.96 bits per heavy atom.